The number of hydrogen-bond donors (Lipinski definition) is 1. The number of carbonyl (C=O) groups is 1. The van der Waals surface area contributed by atoms with Gasteiger partial charge in [0.1, 0.15) is 17.3 Å². The first-order valence-electron chi connectivity index (χ1n) is 7.15. The Morgan fingerprint density at radius 2 is 1.90 bits per heavy atom. The van der Waals surface area contributed by atoms with Gasteiger partial charge in [-0.15, -0.1) is 0 Å². The van der Waals surface area contributed by atoms with Gasteiger partial charge in [-0.3, -0.25) is 10.1 Å². The molecule has 0 aromatic carbocycles. The van der Waals surface area contributed by atoms with Crippen molar-refractivity contribution < 1.29 is 13.6 Å². The lowest BCUT2D eigenvalue weighted by Gasteiger charge is -2.34. The molecule has 0 saturated carbocycles. The molecule has 3 rings (SSSR count). The number of hydrogen-bond acceptors (Lipinski definition) is 4. The second-order valence-corrected chi connectivity index (χ2v) is 5.29. The summed E-state index contributed by atoms with van der Waals surface area (Å²) >= 11 is 0. The van der Waals surface area contributed by atoms with Crippen LogP contribution in [0.2, 0.25) is 0 Å². The zero-order valence-electron chi connectivity index (χ0n) is 11.5. The van der Waals surface area contributed by atoms with Crippen molar-refractivity contribution >= 4 is 5.78 Å². The number of furan rings is 2. The van der Waals surface area contributed by atoms with Gasteiger partial charge in [-0.05, 0) is 30.7 Å². The predicted octanol–water partition coefficient (Wildman–Crippen LogP) is 3.63. The van der Waals surface area contributed by atoms with Crippen molar-refractivity contribution in [3.63, 3.8) is 0 Å². The van der Waals surface area contributed by atoms with Crippen LogP contribution < -0.4 is 5.32 Å². The molecule has 4 nitrogen and oxygen atoms in total. The van der Waals surface area contributed by atoms with Gasteiger partial charge >= 0.3 is 0 Å². The quantitative estimate of drug-likeness (QED) is 0.924. The second-order valence-electron chi connectivity index (χ2n) is 5.29. The second kappa shape index (κ2) is 5.67. The summed E-state index contributed by atoms with van der Waals surface area (Å²) in [5.41, 5.74) is 0. The fourth-order valence-electron chi connectivity index (χ4n) is 2.99. The lowest BCUT2D eigenvalue weighted by atomic mass is 9.81. The number of Topliss-reactive ketones (excluding diaryl/α,β-unsaturated/α-hetero) is 1. The molecule has 2 aromatic heterocycles. The van der Waals surface area contributed by atoms with Gasteiger partial charge < -0.3 is 8.83 Å². The molecule has 1 N–H and O–H groups in total. The molecule has 1 saturated heterocycles. The van der Waals surface area contributed by atoms with Crippen LogP contribution >= 0.6 is 0 Å². The summed E-state index contributed by atoms with van der Waals surface area (Å²) in [6.07, 6.45) is 5.64. The Bertz CT molecular complexity index is 544. The van der Waals surface area contributed by atoms with Gasteiger partial charge in [-0.2, -0.15) is 0 Å². The highest BCUT2D eigenvalue weighted by Crippen LogP contribution is 2.37. The van der Waals surface area contributed by atoms with Crippen molar-refractivity contribution in [3.8, 4) is 0 Å². The average molecular weight is 273 g/mol. The molecular formula is C16H19NO3. The zero-order valence-corrected chi connectivity index (χ0v) is 11.5. The molecule has 0 bridgehead atoms. The number of nitrogens with one attached hydrogen (secondary N) is 1. The number of carbonyl (C=O) groups excluding carboxylic acids is 1. The molecule has 3 heterocycles. The van der Waals surface area contributed by atoms with Gasteiger partial charge in [-0.25, -0.2) is 0 Å². The molecule has 0 unspecified atom stereocenters. The molecule has 0 aliphatic carbocycles. The largest absolute Gasteiger partial charge is 0.468 e. The van der Waals surface area contributed by atoms with Gasteiger partial charge in [-0.1, -0.05) is 13.3 Å². The van der Waals surface area contributed by atoms with Gasteiger partial charge in [0.15, 0.2) is 0 Å². The maximum Gasteiger partial charge on any atom is 0.140 e. The first-order valence-corrected chi connectivity index (χ1v) is 7.15. The van der Waals surface area contributed by atoms with E-state index in [4.69, 9.17) is 8.83 Å². The first kappa shape index (κ1) is 13.2. The molecule has 4 heteroatoms. The highest BCUT2D eigenvalue weighted by atomic mass is 16.3. The number of rotatable bonds is 4. The van der Waals surface area contributed by atoms with E-state index in [9.17, 15) is 4.79 Å². The van der Waals surface area contributed by atoms with Crippen LogP contribution in [-0.2, 0) is 4.79 Å². The summed E-state index contributed by atoms with van der Waals surface area (Å²) < 4.78 is 11.0. The Morgan fingerprint density at radius 3 is 2.50 bits per heavy atom. The van der Waals surface area contributed by atoms with E-state index in [2.05, 4.69) is 12.2 Å². The molecule has 0 amide bonds. The van der Waals surface area contributed by atoms with E-state index in [1.165, 1.54) is 0 Å². The minimum Gasteiger partial charge on any atom is -0.468 e. The Labute approximate surface area is 118 Å². The molecule has 3 atom stereocenters. The fraction of sp³-hybridized carbons (Fsp3) is 0.438. The third-order valence-corrected chi connectivity index (χ3v) is 3.94. The predicted molar refractivity (Wildman–Crippen MR) is 74.1 cm³/mol. The monoisotopic (exact) mass is 273 g/mol. The van der Waals surface area contributed by atoms with Crippen molar-refractivity contribution in [3.05, 3.63) is 48.3 Å². The third kappa shape index (κ3) is 2.43. The van der Waals surface area contributed by atoms with Gasteiger partial charge in [0.25, 0.3) is 0 Å². The van der Waals surface area contributed by atoms with E-state index in [-0.39, 0.29) is 23.8 Å². The molecule has 1 fully saturated rings. The van der Waals surface area contributed by atoms with Gasteiger partial charge in [0.2, 0.25) is 0 Å². The Balaban J connectivity index is 1.87. The summed E-state index contributed by atoms with van der Waals surface area (Å²) in [4.78, 5) is 12.5. The number of piperidine rings is 1. The molecular weight excluding hydrogens is 254 g/mol. The van der Waals surface area contributed by atoms with E-state index in [0.29, 0.717) is 6.42 Å². The minimum atomic E-state index is -0.0688. The normalized spacial score (nSPS) is 26.9. The Kier molecular flexibility index (Phi) is 3.74. The first-order chi connectivity index (χ1) is 9.79. The van der Waals surface area contributed by atoms with E-state index in [1.54, 1.807) is 12.5 Å². The summed E-state index contributed by atoms with van der Waals surface area (Å²) in [6.45, 7) is 2.10. The summed E-state index contributed by atoms with van der Waals surface area (Å²) in [5, 5.41) is 3.52. The van der Waals surface area contributed by atoms with Crippen LogP contribution in [-0.4, -0.2) is 5.78 Å². The molecule has 0 radical (unpaired) electrons. The summed E-state index contributed by atoms with van der Waals surface area (Å²) in [7, 11) is 0. The maximum absolute atomic E-state index is 12.5. The van der Waals surface area contributed by atoms with Gasteiger partial charge in [0, 0.05) is 12.3 Å². The summed E-state index contributed by atoms with van der Waals surface area (Å²) in [5.74, 6) is 1.91. The SMILES string of the molecule is CCC[C@@H]1C(=O)C[C@@H](c2ccco2)N[C@H]1c1ccco1. The van der Waals surface area contributed by atoms with Crippen molar-refractivity contribution in [2.24, 2.45) is 5.92 Å². The molecule has 20 heavy (non-hydrogen) atoms. The highest BCUT2D eigenvalue weighted by molar-refractivity contribution is 5.83. The number of ketones is 1. The van der Waals surface area contributed by atoms with Gasteiger partial charge in [0.05, 0.1) is 24.6 Å². The van der Waals surface area contributed by atoms with Crippen molar-refractivity contribution in [2.75, 3.05) is 0 Å². The molecule has 2 aromatic rings. The van der Waals surface area contributed by atoms with E-state index >= 15 is 0 Å². The van der Waals surface area contributed by atoms with Crippen LogP contribution in [0.1, 0.15) is 49.8 Å². The lowest BCUT2D eigenvalue weighted by molar-refractivity contribution is -0.127. The highest BCUT2D eigenvalue weighted by Gasteiger charge is 2.39. The van der Waals surface area contributed by atoms with E-state index in [1.807, 2.05) is 24.3 Å². The Morgan fingerprint density at radius 1 is 1.20 bits per heavy atom. The standard InChI is InChI=1S/C16H19NO3/c1-2-5-11-13(18)10-12(14-6-3-8-19-14)17-16(11)15-7-4-9-20-15/h3-4,6-9,11-12,16-17H,2,5,10H2,1H3/t11-,12+,16-/m1/s1. The molecule has 1 aliphatic rings. The molecule has 0 spiro atoms. The minimum absolute atomic E-state index is 0.0163. The Hall–Kier alpha value is -1.81. The van der Waals surface area contributed by atoms with Crippen molar-refractivity contribution in [2.45, 2.75) is 38.3 Å². The molecule has 106 valence electrons. The third-order valence-electron chi connectivity index (χ3n) is 3.94. The van der Waals surface area contributed by atoms with Crippen LogP contribution in [0.3, 0.4) is 0 Å². The lowest BCUT2D eigenvalue weighted by Crippen LogP contribution is -2.42. The van der Waals surface area contributed by atoms with Crippen LogP contribution in [0.5, 0.6) is 0 Å². The van der Waals surface area contributed by atoms with Crippen LogP contribution in [0.25, 0.3) is 0 Å². The smallest absolute Gasteiger partial charge is 0.140 e. The van der Waals surface area contributed by atoms with Crippen LogP contribution in [0, 0.1) is 5.92 Å². The topological polar surface area (TPSA) is 55.4 Å². The van der Waals surface area contributed by atoms with Crippen molar-refractivity contribution in [1.29, 1.82) is 0 Å². The van der Waals surface area contributed by atoms with Crippen LogP contribution in [0.15, 0.2) is 45.6 Å². The fourth-order valence-corrected chi connectivity index (χ4v) is 2.99. The van der Waals surface area contributed by atoms with E-state index < -0.39 is 0 Å². The van der Waals surface area contributed by atoms with Crippen LogP contribution in [0.4, 0.5) is 0 Å². The zero-order chi connectivity index (χ0) is 13.9. The van der Waals surface area contributed by atoms with Crippen molar-refractivity contribution in [1.82, 2.24) is 5.32 Å². The average Bonchev–Trinajstić information content (AvgIpc) is 3.14. The maximum atomic E-state index is 12.5. The summed E-state index contributed by atoms with van der Waals surface area (Å²) in [6, 6.07) is 7.41. The molecule has 1 aliphatic heterocycles. The van der Waals surface area contributed by atoms with E-state index in [0.717, 1.165) is 24.4 Å².